The van der Waals surface area contributed by atoms with Crippen LogP contribution in [0.15, 0.2) is 36.4 Å². The van der Waals surface area contributed by atoms with Gasteiger partial charge in [0, 0.05) is 16.8 Å². The van der Waals surface area contributed by atoms with Crippen molar-refractivity contribution in [1.29, 1.82) is 0 Å². The minimum Gasteiger partial charge on any atom is -0.495 e. The van der Waals surface area contributed by atoms with Crippen molar-refractivity contribution >= 4 is 34.8 Å². The Morgan fingerprint density at radius 1 is 1.04 bits per heavy atom. The fourth-order valence-electron chi connectivity index (χ4n) is 2.19. The van der Waals surface area contributed by atoms with Gasteiger partial charge in [-0.15, -0.1) is 0 Å². The summed E-state index contributed by atoms with van der Waals surface area (Å²) in [6, 6.07) is 9.99. The molecule has 26 heavy (non-hydrogen) atoms. The number of anilines is 2. The van der Waals surface area contributed by atoms with Crippen LogP contribution in [0.3, 0.4) is 0 Å². The summed E-state index contributed by atoms with van der Waals surface area (Å²) in [5.74, 6) is -0.550. The van der Waals surface area contributed by atoms with E-state index in [4.69, 9.17) is 21.1 Å². The van der Waals surface area contributed by atoms with Gasteiger partial charge in [-0.25, -0.2) is 0 Å². The molecule has 0 heterocycles. The van der Waals surface area contributed by atoms with Gasteiger partial charge in [0.15, 0.2) is 0 Å². The van der Waals surface area contributed by atoms with Crippen LogP contribution in [0.2, 0.25) is 5.02 Å². The molecule has 0 atom stereocenters. The summed E-state index contributed by atoms with van der Waals surface area (Å²) in [5.41, 5.74) is 1.61. The normalized spacial score (nSPS) is 10.4. The molecule has 2 N–H and O–H groups in total. The first-order valence-corrected chi connectivity index (χ1v) is 8.41. The third-order valence-corrected chi connectivity index (χ3v) is 3.83. The number of hydrogen-bond acceptors (Lipinski definition) is 4. The monoisotopic (exact) mass is 376 g/mol. The van der Waals surface area contributed by atoms with Crippen LogP contribution in [0, 0.1) is 6.92 Å². The largest absolute Gasteiger partial charge is 0.495 e. The van der Waals surface area contributed by atoms with E-state index >= 15 is 0 Å². The maximum Gasteiger partial charge on any atom is 0.314 e. The molecule has 0 saturated carbocycles. The van der Waals surface area contributed by atoms with Crippen molar-refractivity contribution in [3.8, 4) is 11.5 Å². The molecule has 0 bridgehead atoms. The highest BCUT2D eigenvalue weighted by atomic mass is 35.5. The van der Waals surface area contributed by atoms with Gasteiger partial charge in [-0.2, -0.15) is 0 Å². The molecular weight excluding hydrogens is 356 g/mol. The number of carbonyl (C=O) groups is 2. The van der Waals surface area contributed by atoms with Crippen LogP contribution < -0.4 is 20.1 Å². The zero-order valence-electron chi connectivity index (χ0n) is 15.1. The molecule has 0 aliphatic rings. The predicted molar refractivity (Wildman–Crippen MR) is 102 cm³/mol. The summed E-state index contributed by atoms with van der Waals surface area (Å²) in [5, 5.41) is 5.57. The molecular formula is C19H21ClN2O4. The standard InChI is InChI=1S/C19H21ClN2O4/c1-11(2)26-14-7-5-13(6-8-14)21-18(23)19(24)22-16-9-12(3)15(20)10-17(16)25-4/h5-11H,1-4H3,(H,21,23)(H,22,24). The zero-order valence-corrected chi connectivity index (χ0v) is 15.8. The molecule has 0 saturated heterocycles. The highest BCUT2D eigenvalue weighted by Crippen LogP contribution is 2.30. The van der Waals surface area contributed by atoms with Gasteiger partial charge in [0.1, 0.15) is 11.5 Å². The Kier molecular flexibility index (Phi) is 6.46. The minimum absolute atomic E-state index is 0.0547. The third kappa shape index (κ3) is 5.13. The average molecular weight is 377 g/mol. The molecule has 7 heteroatoms. The van der Waals surface area contributed by atoms with E-state index in [2.05, 4.69) is 10.6 Å². The molecule has 2 amide bonds. The van der Waals surface area contributed by atoms with Crippen LogP contribution in [0.4, 0.5) is 11.4 Å². The number of carbonyl (C=O) groups excluding carboxylic acids is 2. The van der Waals surface area contributed by atoms with Crippen molar-refractivity contribution < 1.29 is 19.1 Å². The van der Waals surface area contributed by atoms with E-state index in [0.717, 1.165) is 5.56 Å². The van der Waals surface area contributed by atoms with Crippen molar-refractivity contribution in [1.82, 2.24) is 0 Å². The lowest BCUT2D eigenvalue weighted by Crippen LogP contribution is -2.29. The maximum atomic E-state index is 12.2. The first-order chi connectivity index (χ1) is 12.3. The number of methoxy groups -OCH3 is 1. The fraction of sp³-hybridized carbons (Fsp3) is 0.263. The number of halogens is 1. The van der Waals surface area contributed by atoms with Gasteiger partial charge >= 0.3 is 11.8 Å². The number of rotatable bonds is 5. The fourth-order valence-corrected chi connectivity index (χ4v) is 2.34. The second kappa shape index (κ2) is 8.58. The highest BCUT2D eigenvalue weighted by molar-refractivity contribution is 6.43. The molecule has 0 unspecified atom stereocenters. The van der Waals surface area contributed by atoms with Crippen molar-refractivity contribution in [2.75, 3.05) is 17.7 Å². The smallest absolute Gasteiger partial charge is 0.314 e. The van der Waals surface area contributed by atoms with Crippen molar-refractivity contribution in [3.63, 3.8) is 0 Å². The van der Waals surface area contributed by atoms with E-state index in [1.165, 1.54) is 7.11 Å². The highest BCUT2D eigenvalue weighted by Gasteiger charge is 2.17. The molecule has 138 valence electrons. The minimum atomic E-state index is -0.812. The quantitative estimate of drug-likeness (QED) is 0.772. The SMILES string of the molecule is COc1cc(Cl)c(C)cc1NC(=O)C(=O)Nc1ccc(OC(C)C)cc1. The summed E-state index contributed by atoms with van der Waals surface area (Å²) >= 11 is 6.03. The predicted octanol–water partition coefficient (Wildman–Crippen LogP) is 4.02. The number of nitrogens with one attached hydrogen (secondary N) is 2. The van der Waals surface area contributed by atoms with E-state index in [9.17, 15) is 9.59 Å². The van der Waals surface area contributed by atoms with E-state index in [1.54, 1.807) is 43.3 Å². The van der Waals surface area contributed by atoms with Gasteiger partial charge < -0.3 is 20.1 Å². The van der Waals surface area contributed by atoms with Crippen LogP contribution in [0.5, 0.6) is 11.5 Å². The average Bonchev–Trinajstić information content (AvgIpc) is 2.59. The molecule has 2 aromatic carbocycles. The molecule has 0 fully saturated rings. The van der Waals surface area contributed by atoms with Crippen LogP contribution in [0.25, 0.3) is 0 Å². The van der Waals surface area contributed by atoms with Crippen molar-refractivity contribution in [3.05, 3.63) is 47.0 Å². The van der Waals surface area contributed by atoms with Crippen LogP contribution in [0.1, 0.15) is 19.4 Å². The van der Waals surface area contributed by atoms with E-state index in [0.29, 0.717) is 27.9 Å². The summed E-state index contributed by atoms with van der Waals surface area (Å²) in [6.07, 6.45) is 0.0547. The Bertz CT molecular complexity index is 804. The Hall–Kier alpha value is -2.73. The van der Waals surface area contributed by atoms with Gasteiger partial charge in [0.25, 0.3) is 0 Å². The molecule has 2 rings (SSSR count). The van der Waals surface area contributed by atoms with Crippen molar-refractivity contribution in [2.45, 2.75) is 26.9 Å². The van der Waals surface area contributed by atoms with E-state index in [1.807, 2.05) is 13.8 Å². The summed E-state index contributed by atoms with van der Waals surface area (Å²) in [4.78, 5) is 24.3. The van der Waals surface area contributed by atoms with E-state index < -0.39 is 11.8 Å². The Morgan fingerprint density at radius 3 is 2.23 bits per heavy atom. The van der Waals surface area contributed by atoms with Gasteiger partial charge in [0.05, 0.1) is 18.9 Å². The zero-order chi connectivity index (χ0) is 19.3. The number of benzene rings is 2. The molecule has 2 aromatic rings. The number of ether oxygens (including phenoxy) is 2. The molecule has 0 aliphatic carbocycles. The Balaban J connectivity index is 2.04. The summed E-state index contributed by atoms with van der Waals surface area (Å²) in [7, 11) is 1.46. The molecule has 0 aliphatic heterocycles. The number of hydrogen-bond donors (Lipinski definition) is 2. The summed E-state index contributed by atoms with van der Waals surface area (Å²) in [6.45, 7) is 5.64. The first kappa shape index (κ1) is 19.6. The van der Waals surface area contributed by atoms with Gasteiger partial charge in [-0.1, -0.05) is 11.6 Å². The lowest BCUT2D eigenvalue weighted by molar-refractivity contribution is -0.133. The lowest BCUT2D eigenvalue weighted by atomic mass is 10.2. The second-order valence-corrected chi connectivity index (χ2v) is 6.31. The first-order valence-electron chi connectivity index (χ1n) is 8.03. The molecule has 6 nitrogen and oxygen atoms in total. The van der Waals surface area contributed by atoms with Gasteiger partial charge in [-0.05, 0) is 56.7 Å². The molecule has 0 aromatic heterocycles. The van der Waals surface area contributed by atoms with E-state index in [-0.39, 0.29) is 6.10 Å². The van der Waals surface area contributed by atoms with Crippen LogP contribution in [-0.4, -0.2) is 25.0 Å². The van der Waals surface area contributed by atoms with Gasteiger partial charge in [-0.3, -0.25) is 9.59 Å². The summed E-state index contributed by atoms with van der Waals surface area (Å²) < 4.78 is 10.7. The number of amides is 2. The molecule has 0 spiro atoms. The topological polar surface area (TPSA) is 76.7 Å². The van der Waals surface area contributed by atoms with Crippen LogP contribution >= 0.6 is 11.6 Å². The maximum absolute atomic E-state index is 12.2. The van der Waals surface area contributed by atoms with Crippen LogP contribution in [-0.2, 0) is 9.59 Å². The van der Waals surface area contributed by atoms with Gasteiger partial charge in [0.2, 0.25) is 0 Å². The Labute approximate surface area is 157 Å². The lowest BCUT2D eigenvalue weighted by Gasteiger charge is -2.13. The third-order valence-electron chi connectivity index (χ3n) is 3.42. The number of aryl methyl sites for hydroxylation is 1. The van der Waals surface area contributed by atoms with Crippen molar-refractivity contribution in [2.24, 2.45) is 0 Å². The second-order valence-electron chi connectivity index (χ2n) is 5.90. The molecule has 0 radical (unpaired) electrons. The Morgan fingerprint density at radius 2 is 1.65 bits per heavy atom.